The predicted octanol–water partition coefficient (Wildman–Crippen LogP) is -1.78. The Morgan fingerprint density at radius 2 is 2.50 bits per heavy atom. The molecule has 0 aliphatic heterocycles. The van der Waals surface area contributed by atoms with Crippen LogP contribution in [0.3, 0.4) is 0 Å². The van der Waals surface area contributed by atoms with E-state index in [0.717, 1.165) is 7.63 Å². The number of hydrogen-bond donors (Lipinski definition) is 0. The van der Waals surface area contributed by atoms with Crippen LogP contribution in [0.25, 0.3) is 0 Å². The Kier molecular flexibility index (Phi) is 3.34. The molecule has 0 saturated carbocycles. The van der Waals surface area contributed by atoms with Crippen molar-refractivity contribution in [3.8, 4) is 0 Å². The molecule has 0 spiro atoms. The molecule has 0 aliphatic carbocycles. The molecule has 1 rings (SSSR count). The van der Waals surface area contributed by atoms with Gasteiger partial charge in [0.05, 0.1) is 0 Å². The Labute approximate surface area is 84.3 Å². The monoisotopic (exact) mass is 364 g/mol. The second-order valence-electron chi connectivity index (χ2n) is 1.87. The van der Waals surface area contributed by atoms with Gasteiger partial charge in [-0.05, 0) is 0 Å². The summed E-state index contributed by atoms with van der Waals surface area (Å²) in [5.74, 6) is 0. The van der Waals surface area contributed by atoms with Crippen molar-refractivity contribution in [1.29, 1.82) is 0 Å². The van der Waals surface area contributed by atoms with Crippen molar-refractivity contribution in [2.45, 2.75) is 15.8 Å². The van der Waals surface area contributed by atoms with Crippen molar-refractivity contribution in [1.82, 2.24) is 13.2 Å². The van der Waals surface area contributed by atoms with E-state index in [1.54, 1.807) is 0 Å². The van der Waals surface area contributed by atoms with E-state index < -0.39 is 0 Å². The van der Waals surface area contributed by atoms with Gasteiger partial charge in [0, 0.05) is 0 Å². The number of halogens is 2. The van der Waals surface area contributed by atoms with Gasteiger partial charge in [0.1, 0.15) is 0 Å². The minimum absolute atomic E-state index is 0.0177. The normalized spacial score (nSPS) is 13.9. The van der Waals surface area contributed by atoms with Gasteiger partial charge in [-0.2, -0.15) is 0 Å². The first-order valence-corrected chi connectivity index (χ1v) is 6.31. The summed E-state index contributed by atoms with van der Waals surface area (Å²) in [6, 6.07) is 0. The van der Waals surface area contributed by atoms with E-state index in [2.05, 4.69) is 39.8 Å². The van der Waals surface area contributed by atoms with E-state index in [9.17, 15) is 0 Å². The van der Waals surface area contributed by atoms with Crippen molar-refractivity contribution in [3.05, 3.63) is 11.9 Å². The fourth-order valence-corrected chi connectivity index (χ4v) is 3.51. The summed E-state index contributed by atoms with van der Waals surface area (Å²) in [4.78, 5) is 0. The summed E-state index contributed by atoms with van der Waals surface area (Å²) in [5.41, 5.74) is 1.01. The van der Waals surface area contributed by atoms with E-state index >= 15 is 0 Å². The summed E-state index contributed by atoms with van der Waals surface area (Å²) in [6.45, 7) is 4.16. The zero-order chi connectivity index (χ0) is 7.56. The van der Waals surface area contributed by atoms with Crippen LogP contribution in [0.5, 0.6) is 0 Å². The maximum absolute atomic E-state index is 3.97. The topological polar surface area (TPSA) is 30.7 Å². The van der Waals surface area contributed by atoms with Crippen molar-refractivity contribution in [2.24, 2.45) is 0 Å². The zero-order valence-electron chi connectivity index (χ0n) is 5.75. The van der Waals surface area contributed by atoms with Crippen LogP contribution in [-0.4, -0.2) is 15.1 Å². The van der Waals surface area contributed by atoms with Crippen LogP contribution < -0.4 is 21.5 Å². The molecule has 0 bridgehead atoms. The first-order valence-electron chi connectivity index (χ1n) is 2.85. The number of rotatable bonds is 2. The molecule has 58 valence electrons. The first kappa shape index (κ1) is 8.69. The first-order chi connectivity index (χ1) is 4.68. The van der Waals surface area contributed by atoms with Crippen molar-refractivity contribution in [3.63, 3.8) is 0 Å². The summed E-state index contributed by atoms with van der Waals surface area (Å²) < 4.78 is 2.70. The number of alkyl halides is 2. The molecule has 1 unspecified atom stereocenters. The number of hydrogen-bond acceptors (Lipinski definition) is 2. The Morgan fingerprint density at radius 3 is 2.90 bits per heavy atom. The molecule has 1 aromatic heterocycles. The molecule has 5 heteroatoms. The Hall–Kier alpha value is 0.600. The molecule has 1 atom stereocenters. The predicted molar refractivity (Wildman–Crippen MR) is 43.6 cm³/mol. The van der Waals surface area contributed by atoms with E-state index in [1.165, 1.54) is 0 Å². The standard InChI is InChI=1S/C5H8I2N3/c1-4-3-10(9-8-4)7-5(2)6/h3,5H,1-2H3/q-1. The summed E-state index contributed by atoms with van der Waals surface area (Å²) in [7, 11) is 0. The van der Waals surface area contributed by atoms with Crippen LogP contribution >= 0.6 is 22.6 Å². The third-order valence-corrected chi connectivity index (χ3v) is 4.04. The van der Waals surface area contributed by atoms with Crippen LogP contribution in [0.2, 0.25) is 0 Å². The molecular weight excluding hydrogens is 356 g/mol. The van der Waals surface area contributed by atoms with Gasteiger partial charge < -0.3 is 0 Å². The minimum atomic E-state index is 0.0177. The molecule has 0 radical (unpaired) electrons. The Balaban J connectivity index is 2.58. The summed E-state index contributed by atoms with van der Waals surface area (Å²) in [5, 5.41) is 7.87. The third kappa shape index (κ3) is 2.69. The van der Waals surface area contributed by atoms with E-state index in [1.807, 2.05) is 16.0 Å². The van der Waals surface area contributed by atoms with Gasteiger partial charge in [-0.15, -0.1) is 0 Å². The van der Waals surface area contributed by atoms with Crippen molar-refractivity contribution in [2.75, 3.05) is 0 Å². The molecule has 0 saturated heterocycles. The van der Waals surface area contributed by atoms with Crippen molar-refractivity contribution < 1.29 is 21.5 Å². The van der Waals surface area contributed by atoms with Crippen LogP contribution in [-0.2, 0) is 0 Å². The van der Waals surface area contributed by atoms with Gasteiger partial charge >= 0.3 is 84.9 Å². The summed E-state index contributed by atoms with van der Waals surface area (Å²) in [6.07, 6.45) is 2.00. The number of nitrogens with zero attached hydrogens (tertiary/aromatic N) is 3. The molecule has 0 fully saturated rings. The average molecular weight is 364 g/mol. The van der Waals surface area contributed by atoms with Gasteiger partial charge in [0.15, 0.2) is 0 Å². The molecule has 0 aromatic carbocycles. The zero-order valence-corrected chi connectivity index (χ0v) is 10.1. The molecule has 0 amide bonds. The van der Waals surface area contributed by atoms with Gasteiger partial charge in [-0.25, -0.2) is 0 Å². The SMILES string of the molecule is Cc1cn([I-]C(C)I)nn1. The average Bonchev–Trinajstić information content (AvgIpc) is 2.13. The molecule has 0 N–H and O–H groups in total. The fraction of sp³-hybridized carbons (Fsp3) is 0.600. The Morgan fingerprint density at radius 1 is 1.80 bits per heavy atom. The number of aromatic nitrogens is 3. The molecule has 1 heterocycles. The molecular formula is C5H8I2N3-. The summed E-state index contributed by atoms with van der Waals surface area (Å²) >= 11 is 2.43. The van der Waals surface area contributed by atoms with Crippen LogP contribution in [0.4, 0.5) is 0 Å². The van der Waals surface area contributed by atoms with Gasteiger partial charge in [0.25, 0.3) is 0 Å². The van der Waals surface area contributed by atoms with E-state index in [4.69, 9.17) is 0 Å². The van der Waals surface area contributed by atoms with Crippen LogP contribution in [0.15, 0.2) is 6.20 Å². The maximum atomic E-state index is 3.97. The second kappa shape index (κ2) is 3.84. The second-order valence-corrected chi connectivity index (χ2v) is 9.53. The third-order valence-electron chi connectivity index (χ3n) is 0.816. The quantitative estimate of drug-likeness (QED) is 0.459. The van der Waals surface area contributed by atoms with Gasteiger partial charge in [-0.3, -0.25) is 0 Å². The van der Waals surface area contributed by atoms with Gasteiger partial charge in [0.2, 0.25) is 0 Å². The molecule has 10 heavy (non-hydrogen) atoms. The molecule has 0 aliphatic rings. The van der Waals surface area contributed by atoms with Crippen LogP contribution in [0.1, 0.15) is 12.6 Å². The molecule has 3 nitrogen and oxygen atoms in total. The fourth-order valence-electron chi connectivity index (χ4n) is 0.505. The van der Waals surface area contributed by atoms with Crippen molar-refractivity contribution >= 4 is 22.6 Å². The Bertz CT molecular complexity index is 208. The van der Waals surface area contributed by atoms with E-state index in [-0.39, 0.29) is 21.5 Å². The molecule has 1 aromatic rings. The van der Waals surface area contributed by atoms with Gasteiger partial charge in [-0.1, -0.05) is 0 Å². The number of aryl methyl sites for hydroxylation is 1. The van der Waals surface area contributed by atoms with Crippen LogP contribution in [0, 0.1) is 6.92 Å². The van der Waals surface area contributed by atoms with E-state index in [0.29, 0.717) is 0 Å².